The minimum Gasteiger partial charge on any atom is -0.308 e. The van der Waals surface area contributed by atoms with Gasteiger partial charge in [0.25, 0.3) is 5.91 Å². The van der Waals surface area contributed by atoms with Crippen molar-refractivity contribution in [2.75, 3.05) is 36.5 Å². The smallest absolute Gasteiger partial charge is 0.258 e. The molecule has 0 saturated carbocycles. The largest absolute Gasteiger partial charge is 0.308 e. The van der Waals surface area contributed by atoms with E-state index in [0.29, 0.717) is 29.9 Å². The average molecular weight is 424 g/mol. The molecule has 1 amide bonds. The van der Waals surface area contributed by atoms with E-state index in [9.17, 15) is 21.6 Å². The number of benzene rings is 2. The van der Waals surface area contributed by atoms with E-state index in [1.807, 2.05) is 0 Å². The first-order chi connectivity index (χ1) is 13.0. The number of fused-ring (bicyclic) bond motifs is 1. The molecule has 0 saturated heterocycles. The van der Waals surface area contributed by atoms with Crippen molar-refractivity contribution in [3.8, 4) is 0 Å². The van der Waals surface area contributed by atoms with Gasteiger partial charge in [0.15, 0.2) is 0 Å². The summed E-state index contributed by atoms with van der Waals surface area (Å²) in [4.78, 5) is 14.7. The van der Waals surface area contributed by atoms with Crippen LogP contribution in [-0.2, 0) is 26.5 Å². The predicted octanol–water partition coefficient (Wildman–Crippen LogP) is 1.51. The van der Waals surface area contributed by atoms with Crippen LogP contribution >= 0.6 is 0 Å². The lowest BCUT2D eigenvalue weighted by Gasteiger charge is -2.18. The summed E-state index contributed by atoms with van der Waals surface area (Å²) in [5.74, 6) is -0.279. The number of hydrogen-bond donors (Lipinski definition) is 1. The average Bonchev–Trinajstić information content (AvgIpc) is 3.02. The van der Waals surface area contributed by atoms with Gasteiger partial charge in [-0.15, -0.1) is 0 Å². The number of amides is 1. The van der Waals surface area contributed by atoms with Crippen molar-refractivity contribution in [1.82, 2.24) is 4.31 Å². The van der Waals surface area contributed by atoms with Crippen molar-refractivity contribution in [2.24, 2.45) is 0 Å². The lowest BCUT2D eigenvalue weighted by Crippen LogP contribution is -2.29. The molecule has 0 fully saturated rings. The third kappa shape index (κ3) is 4.03. The van der Waals surface area contributed by atoms with Crippen molar-refractivity contribution in [2.45, 2.75) is 11.3 Å². The molecule has 0 bridgehead atoms. The maximum atomic E-state index is 12.9. The number of hydrogen-bond acceptors (Lipinski definition) is 5. The third-order valence-electron chi connectivity index (χ3n) is 4.38. The summed E-state index contributed by atoms with van der Waals surface area (Å²) < 4.78 is 50.9. The Kier molecular flexibility index (Phi) is 5.22. The van der Waals surface area contributed by atoms with E-state index >= 15 is 0 Å². The van der Waals surface area contributed by atoms with Crippen LogP contribution < -0.4 is 9.62 Å². The van der Waals surface area contributed by atoms with Crippen molar-refractivity contribution < 1.29 is 21.6 Å². The van der Waals surface area contributed by atoms with Gasteiger partial charge in [0.05, 0.1) is 11.2 Å². The maximum absolute atomic E-state index is 12.9. The molecule has 2 aromatic carbocycles. The second kappa shape index (κ2) is 7.19. The summed E-state index contributed by atoms with van der Waals surface area (Å²) in [7, 11) is -4.06. The fraction of sp³-hybridized carbons (Fsp3) is 0.278. The number of nitrogens with zero attached hydrogens (tertiary/aromatic N) is 2. The normalized spacial score (nSPS) is 14.2. The second-order valence-electron chi connectivity index (χ2n) is 6.74. The lowest BCUT2D eigenvalue weighted by atomic mass is 10.1. The van der Waals surface area contributed by atoms with Gasteiger partial charge in [-0.3, -0.25) is 9.52 Å². The van der Waals surface area contributed by atoms with E-state index in [2.05, 4.69) is 4.72 Å². The summed E-state index contributed by atoms with van der Waals surface area (Å²) in [5.41, 5.74) is 2.08. The fourth-order valence-electron chi connectivity index (χ4n) is 3.05. The minimum atomic E-state index is -3.55. The van der Waals surface area contributed by atoms with E-state index < -0.39 is 20.0 Å². The van der Waals surface area contributed by atoms with Gasteiger partial charge in [-0.2, -0.15) is 0 Å². The Morgan fingerprint density at radius 1 is 1.07 bits per heavy atom. The van der Waals surface area contributed by atoms with Gasteiger partial charge in [0, 0.05) is 37.6 Å². The first-order valence-corrected chi connectivity index (χ1v) is 11.8. The van der Waals surface area contributed by atoms with Gasteiger partial charge < -0.3 is 4.90 Å². The van der Waals surface area contributed by atoms with Crippen LogP contribution in [0.4, 0.5) is 11.4 Å². The van der Waals surface area contributed by atoms with Crippen molar-refractivity contribution >= 4 is 37.3 Å². The highest BCUT2D eigenvalue weighted by Gasteiger charge is 2.28. The summed E-state index contributed by atoms with van der Waals surface area (Å²) in [5, 5.41) is 0. The Morgan fingerprint density at radius 3 is 2.43 bits per heavy atom. The van der Waals surface area contributed by atoms with Crippen LogP contribution in [0.5, 0.6) is 0 Å². The summed E-state index contributed by atoms with van der Waals surface area (Å²) in [6.07, 6.45) is 1.58. The van der Waals surface area contributed by atoms with Crippen LogP contribution in [0.2, 0.25) is 0 Å². The van der Waals surface area contributed by atoms with E-state index in [4.69, 9.17) is 0 Å². The van der Waals surface area contributed by atoms with Crippen LogP contribution in [0.15, 0.2) is 47.4 Å². The molecule has 0 atom stereocenters. The monoisotopic (exact) mass is 423 g/mol. The first kappa shape index (κ1) is 20.3. The van der Waals surface area contributed by atoms with Gasteiger partial charge >= 0.3 is 0 Å². The molecule has 0 unspecified atom stereocenters. The van der Waals surface area contributed by atoms with Crippen LogP contribution in [-0.4, -0.2) is 53.9 Å². The maximum Gasteiger partial charge on any atom is 0.258 e. The second-order valence-corrected chi connectivity index (χ2v) is 10.6. The number of nitrogens with one attached hydrogen (secondary N) is 1. The topological polar surface area (TPSA) is 104 Å². The molecule has 0 aliphatic carbocycles. The van der Waals surface area contributed by atoms with Crippen molar-refractivity contribution in [3.63, 3.8) is 0 Å². The number of sulfonamides is 2. The molecular weight excluding hydrogens is 402 g/mol. The zero-order chi connectivity index (χ0) is 20.7. The van der Waals surface area contributed by atoms with Gasteiger partial charge in [0.2, 0.25) is 20.0 Å². The molecule has 0 radical (unpaired) electrons. The van der Waals surface area contributed by atoms with Crippen molar-refractivity contribution in [1.29, 1.82) is 0 Å². The molecule has 1 heterocycles. The van der Waals surface area contributed by atoms with Crippen LogP contribution in [0.25, 0.3) is 0 Å². The fourth-order valence-corrected chi connectivity index (χ4v) is 4.55. The highest BCUT2D eigenvalue weighted by atomic mass is 32.2. The Balaban J connectivity index is 1.90. The Morgan fingerprint density at radius 2 is 1.79 bits per heavy atom. The summed E-state index contributed by atoms with van der Waals surface area (Å²) >= 11 is 0. The first-order valence-electron chi connectivity index (χ1n) is 8.44. The molecule has 1 aliphatic rings. The zero-order valence-electron chi connectivity index (χ0n) is 15.7. The third-order valence-corrected chi connectivity index (χ3v) is 6.80. The lowest BCUT2D eigenvalue weighted by molar-refractivity contribution is 0.0989. The zero-order valence-corrected chi connectivity index (χ0v) is 17.3. The number of rotatable bonds is 5. The molecule has 10 heteroatoms. The number of carbonyl (C=O) groups is 1. The van der Waals surface area contributed by atoms with Gasteiger partial charge in [-0.25, -0.2) is 21.1 Å². The van der Waals surface area contributed by atoms with E-state index in [0.717, 1.165) is 16.1 Å². The quantitative estimate of drug-likeness (QED) is 0.785. The summed E-state index contributed by atoms with van der Waals surface area (Å²) in [6.45, 7) is 0.420. The van der Waals surface area contributed by atoms with E-state index in [1.54, 1.807) is 35.2 Å². The van der Waals surface area contributed by atoms with E-state index in [-0.39, 0.29) is 10.8 Å². The van der Waals surface area contributed by atoms with Crippen LogP contribution in [0.3, 0.4) is 0 Å². The Bertz CT molecular complexity index is 1140. The SMILES string of the molecule is CN(C)S(=O)(=O)c1ccc2c(c1)CCN2C(=O)c1cccc(NS(C)(=O)=O)c1. The van der Waals surface area contributed by atoms with Gasteiger partial charge in [0.1, 0.15) is 0 Å². The highest BCUT2D eigenvalue weighted by Crippen LogP contribution is 2.32. The Labute approximate surface area is 164 Å². The van der Waals surface area contributed by atoms with Crippen molar-refractivity contribution in [3.05, 3.63) is 53.6 Å². The molecule has 150 valence electrons. The van der Waals surface area contributed by atoms with Gasteiger partial charge in [-0.1, -0.05) is 6.07 Å². The molecule has 0 aromatic heterocycles. The molecule has 1 N–H and O–H groups in total. The van der Waals surface area contributed by atoms with Crippen LogP contribution in [0, 0.1) is 0 Å². The molecule has 2 aromatic rings. The molecular formula is C18H21N3O5S2. The molecule has 8 nitrogen and oxygen atoms in total. The number of anilines is 2. The van der Waals surface area contributed by atoms with Gasteiger partial charge in [-0.05, 0) is 48.4 Å². The number of carbonyl (C=O) groups excluding carboxylic acids is 1. The molecule has 28 heavy (non-hydrogen) atoms. The predicted molar refractivity (Wildman–Crippen MR) is 108 cm³/mol. The van der Waals surface area contributed by atoms with Crippen LogP contribution in [0.1, 0.15) is 15.9 Å². The van der Waals surface area contributed by atoms with E-state index in [1.165, 1.54) is 26.2 Å². The molecule has 1 aliphatic heterocycles. The highest BCUT2D eigenvalue weighted by molar-refractivity contribution is 7.92. The Hall–Kier alpha value is -2.43. The summed E-state index contributed by atoms with van der Waals surface area (Å²) in [6, 6.07) is 11.0. The molecule has 3 rings (SSSR count). The standard InChI is InChI=1S/C18H21N3O5S2/c1-20(2)28(25,26)16-7-8-17-13(12-16)9-10-21(17)18(22)14-5-4-6-15(11-14)19-27(3,23)24/h4-8,11-12,19H,9-10H2,1-3H3. The minimum absolute atomic E-state index is 0.185. The molecule has 0 spiro atoms.